The van der Waals surface area contributed by atoms with Crippen molar-refractivity contribution in [1.29, 1.82) is 0 Å². The molecular weight excluding hydrogens is 527 g/mol. The maximum Gasteiger partial charge on any atom is 0.416 e. The fourth-order valence-electron chi connectivity index (χ4n) is 4.03. The molecular formula is C26H24F3NO5S2. The van der Waals surface area contributed by atoms with Crippen LogP contribution in [0.2, 0.25) is 0 Å². The van der Waals surface area contributed by atoms with Crippen molar-refractivity contribution in [1.82, 2.24) is 3.97 Å². The van der Waals surface area contributed by atoms with Gasteiger partial charge in [0.05, 0.1) is 21.7 Å². The van der Waals surface area contributed by atoms with Gasteiger partial charge in [-0.15, -0.1) is 11.3 Å². The monoisotopic (exact) mass is 551 g/mol. The van der Waals surface area contributed by atoms with E-state index in [9.17, 15) is 36.6 Å². The summed E-state index contributed by atoms with van der Waals surface area (Å²) in [5, 5.41) is 20.8. The van der Waals surface area contributed by atoms with Crippen LogP contribution in [0.1, 0.15) is 59.1 Å². The molecule has 2 aromatic heterocycles. The van der Waals surface area contributed by atoms with Gasteiger partial charge in [-0.1, -0.05) is 32.9 Å². The fraction of sp³-hybridized carbons (Fsp3) is 0.269. The molecule has 11 heteroatoms. The highest BCUT2D eigenvalue weighted by molar-refractivity contribution is 7.90. The Morgan fingerprint density at radius 2 is 1.59 bits per heavy atom. The maximum atomic E-state index is 14.0. The van der Waals surface area contributed by atoms with E-state index in [-0.39, 0.29) is 36.7 Å². The lowest BCUT2D eigenvalue weighted by Crippen LogP contribution is -2.28. The highest BCUT2D eigenvalue weighted by atomic mass is 32.2. The zero-order valence-electron chi connectivity index (χ0n) is 20.3. The summed E-state index contributed by atoms with van der Waals surface area (Å²) in [6.07, 6.45) is -4.66. The Morgan fingerprint density at radius 1 is 0.919 bits per heavy atom. The molecule has 0 bridgehead atoms. The molecule has 0 saturated heterocycles. The molecule has 1 unspecified atom stereocenters. The van der Waals surface area contributed by atoms with Crippen LogP contribution >= 0.6 is 11.3 Å². The van der Waals surface area contributed by atoms with Crippen molar-refractivity contribution in [2.45, 2.75) is 49.8 Å². The van der Waals surface area contributed by atoms with Crippen molar-refractivity contribution in [3.8, 4) is 0 Å². The molecule has 4 rings (SSSR count). The molecule has 37 heavy (non-hydrogen) atoms. The largest absolute Gasteiger partial charge is 0.477 e. The van der Waals surface area contributed by atoms with Crippen LogP contribution in [-0.2, 0) is 27.2 Å². The molecule has 0 saturated carbocycles. The first-order valence-corrected chi connectivity index (χ1v) is 13.3. The molecule has 0 aliphatic carbocycles. The molecule has 2 N–H and O–H groups in total. The molecule has 196 valence electrons. The Hall–Kier alpha value is -3.15. The normalized spacial score (nSPS) is 14.6. The highest BCUT2D eigenvalue weighted by Crippen LogP contribution is 2.41. The summed E-state index contributed by atoms with van der Waals surface area (Å²) in [5.41, 5.74) is -2.96. The SMILES string of the molecule is CC(C)(C)c1cccc(S(=O)(=O)n2c(C(C)(O)c3ccc(C(=O)O)s3)cc3cc(C(F)(F)F)ccc32)c1. The number of hydrogen-bond acceptors (Lipinski definition) is 5. The number of carbonyl (C=O) groups is 1. The lowest BCUT2D eigenvalue weighted by Gasteiger charge is -2.25. The Labute approximate surface area is 215 Å². The van der Waals surface area contributed by atoms with E-state index in [1.165, 1.54) is 37.3 Å². The van der Waals surface area contributed by atoms with Gasteiger partial charge >= 0.3 is 12.1 Å². The molecule has 6 nitrogen and oxygen atoms in total. The van der Waals surface area contributed by atoms with Gasteiger partial charge in [-0.25, -0.2) is 17.2 Å². The number of aromatic nitrogens is 1. The minimum atomic E-state index is -4.66. The van der Waals surface area contributed by atoms with Crippen LogP contribution in [0.25, 0.3) is 10.9 Å². The number of hydrogen-bond donors (Lipinski definition) is 2. The van der Waals surface area contributed by atoms with Gasteiger partial charge in [0.25, 0.3) is 10.0 Å². The highest BCUT2D eigenvalue weighted by Gasteiger charge is 2.38. The fourth-order valence-corrected chi connectivity index (χ4v) is 6.59. The molecule has 4 aromatic rings. The number of benzene rings is 2. The first-order chi connectivity index (χ1) is 16.9. The number of alkyl halides is 3. The van der Waals surface area contributed by atoms with Gasteiger partial charge in [0.15, 0.2) is 0 Å². The molecule has 0 radical (unpaired) electrons. The van der Waals surface area contributed by atoms with E-state index in [0.717, 1.165) is 39.1 Å². The Kier molecular flexibility index (Phi) is 6.33. The molecule has 0 amide bonds. The van der Waals surface area contributed by atoms with E-state index in [4.69, 9.17) is 0 Å². The maximum absolute atomic E-state index is 14.0. The summed E-state index contributed by atoms with van der Waals surface area (Å²) in [7, 11) is -4.42. The Bertz CT molecular complexity index is 1620. The molecule has 2 heterocycles. The van der Waals surface area contributed by atoms with Crippen LogP contribution in [0.5, 0.6) is 0 Å². The summed E-state index contributed by atoms with van der Waals surface area (Å²) in [6, 6.07) is 12.7. The van der Waals surface area contributed by atoms with Gasteiger partial charge < -0.3 is 10.2 Å². The third kappa shape index (κ3) is 4.78. The first kappa shape index (κ1) is 26.9. The van der Waals surface area contributed by atoms with E-state index >= 15 is 0 Å². The van der Waals surface area contributed by atoms with Gasteiger partial charge in [0.2, 0.25) is 0 Å². The van der Waals surface area contributed by atoms with E-state index in [0.29, 0.717) is 0 Å². The number of carboxylic acids is 1. The zero-order valence-corrected chi connectivity index (χ0v) is 21.9. The summed E-state index contributed by atoms with van der Waals surface area (Å²) in [4.78, 5) is 11.3. The smallest absolute Gasteiger partial charge is 0.416 e. The number of halogens is 3. The number of thiophene rings is 1. The molecule has 0 fully saturated rings. The van der Waals surface area contributed by atoms with Gasteiger partial charge in [0, 0.05) is 10.3 Å². The first-order valence-electron chi connectivity index (χ1n) is 11.1. The lowest BCUT2D eigenvalue weighted by atomic mass is 9.87. The van der Waals surface area contributed by atoms with E-state index in [1.54, 1.807) is 12.1 Å². The molecule has 2 aromatic carbocycles. The number of rotatable bonds is 5. The van der Waals surface area contributed by atoms with E-state index < -0.39 is 33.3 Å². The molecule has 0 spiro atoms. The number of carboxylic acid groups (broad SMARTS) is 1. The van der Waals surface area contributed by atoms with Crippen LogP contribution in [-0.4, -0.2) is 28.6 Å². The van der Waals surface area contributed by atoms with Crippen LogP contribution in [0.4, 0.5) is 13.2 Å². The summed E-state index contributed by atoms with van der Waals surface area (Å²) in [5.74, 6) is -1.23. The van der Waals surface area contributed by atoms with Crippen LogP contribution in [0, 0.1) is 0 Å². The average molecular weight is 552 g/mol. The molecule has 0 aliphatic heterocycles. The number of nitrogens with zero attached hydrogens (tertiary/aromatic N) is 1. The topological polar surface area (TPSA) is 96.6 Å². The van der Waals surface area contributed by atoms with Gasteiger partial charge in [0.1, 0.15) is 10.5 Å². The van der Waals surface area contributed by atoms with Crippen molar-refractivity contribution in [2.75, 3.05) is 0 Å². The molecule has 0 aliphatic rings. The standard InChI is InChI=1S/C26H24F3NO5S2/c1-24(2,3)16-6-5-7-18(14-16)37(34,35)30-19-9-8-17(26(27,28)29)12-15(19)13-21(30)25(4,33)22-11-10-20(36-22)23(31)32/h5-14,33H,1-4H3,(H,31,32). The van der Waals surface area contributed by atoms with E-state index in [2.05, 4.69) is 0 Å². The number of fused-ring (bicyclic) bond motifs is 1. The second-order valence-electron chi connectivity index (χ2n) is 9.89. The van der Waals surface area contributed by atoms with Gasteiger partial charge in [-0.2, -0.15) is 13.2 Å². The minimum Gasteiger partial charge on any atom is -0.477 e. The van der Waals surface area contributed by atoms with Crippen LogP contribution < -0.4 is 0 Å². The third-order valence-corrected chi connectivity index (χ3v) is 9.13. The van der Waals surface area contributed by atoms with Crippen LogP contribution in [0.3, 0.4) is 0 Å². The second-order valence-corrected chi connectivity index (χ2v) is 12.8. The third-order valence-electron chi connectivity index (χ3n) is 6.12. The van der Waals surface area contributed by atoms with Crippen molar-refractivity contribution in [3.05, 3.63) is 87.2 Å². The van der Waals surface area contributed by atoms with Crippen molar-refractivity contribution >= 4 is 38.2 Å². The van der Waals surface area contributed by atoms with Crippen molar-refractivity contribution < 1.29 is 36.6 Å². The predicted molar refractivity (Wildman–Crippen MR) is 135 cm³/mol. The summed E-state index contributed by atoms with van der Waals surface area (Å²) < 4.78 is 69.2. The molecule has 1 atom stereocenters. The van der Waals surface area contributed by atoms with Gasteiger partial charge in [-0.05, 0) is 66.4 Å². The summed E-state index contributed by atoms with van der Waals surface area (Å²) in [6.45, 7) is 7.02. The van der Waals surface area contributed by atoms with Gasteiger partial charge in [-0.3, -0.25) is 0 Å². The van der Waals surface area contributed by atoms with Crippen LogP contribution in [0.15, 0.2) is 65.6 Å². The van der Waals surface area contributed by atoms with Crippen molar-refractivity contribution in [3.63, 3.8) is 0 Å². The van der Waals surface area contributed by atoms with E-state index in [1.807, 2.05) is 20.8 Å². The predicted octanol–water partition coefficient (Wildman–Crippen LogP) is 6.21. The second kappa shape index (κ2) is 8.71. The minimum absolute atomic E-state index is 0.0457. The number of aromatic carboxylic acids is 1. The Morgan fingerprint density at radius 3 is 2.16 bits per heavy atom. The van der Waals surface area contributed by atoms with Crippen molar-refractivity contribution in [2.24, 2.45) is 0 Å². The summed E-state index contributed by atoms with van der Waals surface area (Å²) >= 11 is 0.743. The average Bonchev–Trinajstić information content (AvgIpc) is 3.44. The lowest BCUT2D eigenvalue weighted by molar-refractivity contribution is -0.137. The quantitative estimate of drug-likeness (QED) is 0.307. The number of aliphatic hydroxyl groups is 1. The Balaban J connectivity index is 2.04. The zero-order chi connectivity index (χ0) is 27.6.